The molecule has 0 bridgehead atoms. The van der Waals surface area contributed by atoms with Gasteiger partial charge < -0.3 is 9.47 Å². The van der Waals surface area contributed by atoms with Crippen LogP contribution < -0.4 is 20.7 Å². The summed E-state index contributed by atoms with van der Waals surface area (Å²) in [6, 6.07) is 5.28. The molecule has 0 spiro atoms. The minimum Gasteiger partial charge on any atom is -0.480 e. The van der Waals surface area contributed by atoms with Crippen LogP contribution in [0.3, 0.4) is 0 Å². The van der Waals surface area contributed by atoms with E-state index in [1.807, 2.05) is 25.1 Å². The zero-order chi connectivity index (χ0) is 15.4. The third-order valence-corrected chi connectivity index (χ3v) is 3.64. The first-order valence-electron chi connectivity index (χ1n) is 6.28. The molecule has 3 N–H and O–H groups in total. The van der Waals surface area contributed by atoms with Gasteiger partial charge >= 0.3 is 0 Å². The van der Waals surface area contributed by atoms with E-state index in [2.05, 4.69) is 15.4 Å². The number of aromatic nitrogens is 2. The zero-order valence-electron chi connectivity index (χ0n) is 12.1. The number of benzene rings is 1. The first-order chi connectivity index (χ1) is 10.1. The highest BCUT2D eigenvalue weighted by molar-refractivity contribution is 6.32. The number of halogens is 1. The Balaban J connectivity index is 2.53. The van der Waals surface area contributed by atoms with E-state index in [0.717, 1.165) is 11.1 Å². The summed E-state index contributed by atoms with van der Waals surface area (Å²) < 4.78 is 10.3. The lowest BCUT2D eigenvalue weighted by Gasteiger charge is -2.19. The predicted molar refractivity (Wildman–Crippen MR) is 80.5 cm³/mol. The van der Waals surface area contributed by atoms with E-state index < -0.39 is 6.04 Å². The van der Waals surface area contributed by atoms with Crippen LogP contribution in [-0.2, 0) is 0 Å². The van der Waals surface area contributed by atoms with E-state index in [1.165, 1.54) is 20.4 Å². The number of nitrogens with two attached hydrogens (primary N) is 1. The number of aryl methyl sites for hydroxylation is 1. The molecule has 0 saturated heterocycles. The second-order valence-electron chi connectivity index (χ2n) is 4.38. The van der Waals surface area contributed by atoms with Gasteiger partial charge in [0.1, 0.15) is 5.69 Å². The molecule has 1 aromatic heterocycles. The molecular formula is C14H17ClN4O2. The SMILES string of the molecule is COc1cnc(C(NN)c2cccc(C)c2Cl)c(OC)n1. The third-order valence-electron chi connectivity index (χ3n) is 3.12. The Morgan fingerprint density at radius 1 is 1.29 bits per heavy atom. The number of nitrogens with one attached hydrogen (secondary N) is 1. The molecule has 21 heavy (non-hydrogen) atoms. The molecule has 1 heterocycles. The van der Waals surface area contributed by atoms with Gasteiger partial charge in [-0.3, -0.25) is 5.84 Å². The molecule has 1 unspecified atom stereocenters. The standard InChI is InChI=1S/C14H17ClN4O2/c1-8-5-4-6-9(11(8)15)12(19-16)13-14(21-3)18-10(20-2)7-17-13/h4-7,12,19H,16H2,1-3H3. The van der Waals surface area contributed by atoms with Crippen LogP contribution in [0, 0.1) is 6.92 Å². The smallest absolute Gasteiger partial charge is 0.240 e. The minimum atomic E-state index is -0.439. The molecule has 2 rings (SSSR count). The fourth-order valence-electron chi connectivity index (χ4n) is 2.02. The largest absolute Gasteiger partial charge is 0.480 e. The van der Waals surface area contributed by atoms with Crippen LogP contribution in [0.4, 0.5) is 0 Å². The summed E-state index contributed by atoms with van der Waals surface area (Å²) in [6.45, 7) is 1.93. The van der Waals surface area contributed by atoms with Gasteiger partial charge in [-0.25, -0.2) is 10.4 Å². The molecule has 0 fully saturated rings. The van der Waals surface area contributed by atoms with Crippen LogP contribution in [0.15, 0.2) is 24.4 Å². The minimum absolute atomic E-state index is 0.329. The van der Waals surface area contributed by atoms with Gasteiger partial charge in [-0.2, -0.15) is 4.98 Å². The fraction of sp³-hybridized carbons (Fsp3) is 0.286. The van der Waals surface area contributed by atoms with Crippen molar-refractivity contribution in [2.75, 3.05) is 14.2 Å². The number of ether oxygens (including phenoxy) is 2. The zero-order valence-corrected chi connectivity index (χ0v) is 12.8. The highest BCUT2D eigenvalue weighted by atomic mass is 35.5. The van der Waals surface area contributed by atoms with Gasteiger partial charge in [0.2, 0.25) is 11.8 Å². The number of nitrogens with zero attached hydrogens (tertiary/aromatic N) is 2. The second kappa shape index (κ2) is 6.71. The van der Waals surface area contributed by atoms with Crippen molar-refractivity contribution in [3.8, 4) is 11.8 Å². The number of hydrazine groups is 1. The van der Waals surface area contributed by atoms with Gasteiger partial charge in [0, 0.05) is 5.02 Å². The van der Waals surface area contributed by atoms with E-state index in [4.69, 9.17) is 26.9 Å². The van der Waals surface area contributed by atoms with E-state index in [-0.39, 0.29) is 0 Å². The Morgan fingerprint density at radius 3 is 2.67 bits per heavy atom. The van der Waals surface area contributed by atoms with Crippen LogP contribution in [-0.4, -0.2) is 24.2 Å². The maximum absolute atomic E-state index is 6.36. The quantitative estimate of drug-likeness (QED) is 0.649. The third kappa shape index (κ3) is 3.07. The molecule has 0 radical (unpaired) electrons. The molecular weight excluding hydrogens is 292 g/mol. The van der Waals surface area contributed by atoms with Crippen LogP contribution in [0.5, 0.6) is 11.8 Å². The maximum Gasteiger partial charge on any atom is 0.240 e. The van der Waals surface area contributed by atoms with E-state index >= 15 is 0 Å². The topological polar surface area (TPSA) is 82.3 Å². The Hall–Kier alpha value is -1.89. The normalized spacial score (nSPS) is 12.0. The summed E-state index contributed by atoms with van der Waals surface area (Å²) in [4.78, 5) is 8.54. The number of rotatable bonds is 5. The van der Waals surface area contributed by atoms with Crippen molar-refractivity contribution in [2.45, 2.75) is 13.0 Å². The molecule has 2 aromatic rings. The molecule has 7 heteroatoms. The van der Waals surface area contributed by atoms with Crippen LogP contribution >= 0.6 is 11.6 Å². The van der Waals surface area contributed by atoms with Gasteiger partial charge in [0.05, 0.1) is 26.5 Å². The first kappa shape index (κ1) is 15.5. The Kier molecular flexibility index (Phi) is 4.95. The highest BCUT2D eigenvalue weighted by Gasteiger charge is 2.23. The Bertz CT molecular complexity index is 636. The van der Waals surface area contributed by atoms with Crippen molar-refractivity contribution in [3.05, 3.63) is 46.2 Å². The lowest BCUT2D eigenvalue weighted by Crippen LogP contribution is -2.30. The fourth-order valence-corrected chi connectivity index (χ4v) is 2.26. The number of hydrogen-bond acceptors (Lipinski definition) is 6. The molecule has 0 aliphatic rings. The van der Waals surface area contributed by atoms with Crippen molar-refractivity contribution >= 4 is 11.6 Å². The number of hydrogen-bond donors (Lipinski definition) is 2. The van der Waals surface area contributed by atoms with Crippen molar-refractivity contribution in [2.24, 2.45) is 5.84 Å². The predicted octanol–water partition coefficient (Wildman–Crippen LogP) is 2.01. The summed E-state index contributed by atoms with van der Waals surface area (Å²) in [6.07, 6.45) is 1.51. The Morgan fingerprint density at radius 2 is 2.05 bits per heavy atom. The molecule has 0 aliphatic carbocycles. The average Bonchev–Trinajstić information content (AvgIpc) is 2.52. The number of methoxy groups -OCH3 is 2. The molecule has 0 saturated carbocycles. The summed E-state index contributed by atoms with van der Waals surface area (Å²) >= 11 is 6.36. The summed E-state index contributed by atoms with van der Waals surface area (Å²) in [5.41, 5.74) is 5.00. The molecule has 112 valence electrons. The van der Waals surface area contributed by atoms with Crippen molar-refractivity contribution in [3.63, 3.8) is 0 Å². The van der Waals surface area contributed by atoms with Crippen molar-refractivity contribution < 1.29 is 9.47 Å². The average molecular weight is 309 g/mol. The van der Waals surface area contributed by atoms with Gasteiger partial charge in [0.15, 0.2) is 0 Å². The van der Waals surface area contributed by atoms with Gasteiger partial charge in [0.25, 0.3) is 0 Å². The summed E-state index contributed by atoms with van der Waals surface area (Å²) in [7, 11) is 3.03. The molecule has 0 amide bonds. The molecule has 1 atom stereocenters. The first-order valence-corrected chi connectivity index (χ1v) is 6.66. The van der Waals surface area contributed by atoms with E-state index in [9.17, 15) is 0 Å². The van der Waals surface area contributed by atoms with Gasteiger partial charge in [-0.1, -0.05) is 29.8 Å². The van der Waals surface area contributed by atoms with Gasteiger partial charge in [-0.05, 0) is 18.1 Å². The lowest BCUT2D eigenvalue weighted by molar-refractivity contribution is 0.352. The Labute approximate surface area is 128 Å². The van der Waals surface area contributed by atoms with Crippen LogP contribution in [0.2, 0.25) is 5.02 Å². The lowest BCUT2D eigenvalue weighted by atomic mass is 10.0. The molecule has 1 aromatic carbocycles. The van der Waals surface area contributed by atoms with Crippen LogP contribution in [0.1, 0.15) is 22.9 Å². The monoisotopic (exact) mass is 308 g/mol. The van der Waals surface area contributed by atoms with Gasteiger partial charge in [-0.15, -0.1) is 0 Å². The summed E-state index contributed by atoms with van der Waals surface area (Å²) in [5, 5.41) is 0.625. The van der Waals surface area contributed by atoms with E-state index in [1.54, 1.807) is 0 Å². The highest BCUT2D eigenvalue weighted by Crippen LogP contribution is 2.33. The van der Waals surface area contributed by atoms with Crippen molar-refractivity contribution in [1.82, 2.24) is 15.4 Å². The molecule has 6 nitrogen and oxygen atoms in total. The molecule has 0 aliphatic heterocycles. The maximum atomic E-state index is 6.36. The summed E-state index contributed by atoms with van der Waals surface area (Å²) in [5.74, 6) is 6.38. The second-order valence-corrected chi connectivity index (χ2v) is 4.76. The van der Waals surface area contributed by atoms with Crippen LogP contribution in [0.25, 0.3) is 0 Å². The van der Waals surface area contributed by atoms with E-state index in [0.29, 0.717) is 22.5 Å². The van der Waals surface area contributed by atoms with Crippen molar-refractivity contribution in [1.29, 1.82) is 0 Å².